The Hall–Kier alpha value is -1.91. The van der Waals surface area contributed by atoms with E-state index < -0.39 is 0 Å². The van der Waals surface area contributed by atoms with E-state index in [2.05, 4.69) is 5.32 Å². The van der Waals surface area contributed by atoms with Gasteiger partial charge in [-0.2, -0.15) is 0 Å². The average molecular weight is 306 g/mol. The number of carbonyl (C=O) groups is 1. The Kier molecular flexibility index (Phi) is 4.71. The highest BCUT2D eigenvalue weighted by Crippen LogP contribution is 2.24. The maximum atomic E-state index is 11.0. The second kappa shape index (κ2) is 6.50. The fourth-order valence-corrected chi connectivity index (χ4v) is 1.71. The molecule has 102 valence electrons. The van der Waals surface area contributed by atoms with E-state index in [0.29, 0.717) is 16.5 Å². The molecule has 0 radical (unpaired) electrons. The van der Waals surface area contributed by atoms with Gasteiger partial charge < -0.3 is 10.1 Å². The van der Waals surface area contributed by atoms with E-state index in [9.17, 15) is 4.79 Å². The molecule has 2 aromatic carbocycles. The van der Waals surface area contributed by atoms with Crippen molar-refractivity contribution in [1.29, 1.82) is 0 Å². The molecule has 2 rings (SSSR count). The van der Waals surface area contributed by atoms with Crippen LogP contribution < -0.4 is 10.1 Å². The number of ketones is 1. The highest BCUT2D eigenvalue weighted by Gasteiger charge is 2.03. The molecule has 5 heteroatoms. The molecule has 0 spiro atoms. The van der Waals surface area contributed by atoms with E-state index >= 15 is 0 Å². The molecule has 0 aliphatic rings. The van der Waals surface area contributed by atoms with Gasteiger partial charge in [-0.1, -0.05) is 23.8 Å². The summed E-state index contributed by atoms with van der Waals surface area (Å²) in [7, 11) is 0. The number of halogens is 1. The van der Waals surface area contributed by atoms with Gasteiger partial charge in [0.2, 0.25) is 0 Å². The molecule has 1 N–H and O–H groups in total. The summed E-state index contributed by atoms with van der Waals surface area (Å²) in [5, 5.41) is 3.51. The Morgan fingerprint density at radius 1 is 1.05 bits per heavy atom. The summed E-state index contributed by atoms with van der Waals surface area (Å²) < 4.78 is 5.65. The van der Waals surface area contributed by atoms with Crippen LogP contribution in [-0.4, -0.2) is 10.8 Å². The van der Waals surface area contributed by atoms with Gasteiger partial charge in [-0.3, -0.25) is 4.79 Å². The van der Waals surface area contributed by atoms with E-state index in [1.807, 2.05) is 0 Å². The Morgan fingerprint density at radius 2 is 1.55 bits per heavy atom. The number of benzene rings is 2. The number of rotatable bonds is 4. The standard InChI is InChI=1S/C15H12ClNO2S/c1-10(18)15(20)17-12-4-8-14(9-5-12)19-13-6-2-11(16)3-7-13/h2-9H,1H3,(H,17,20). The van der Waals surface area contributed by atoms with Crippen LogP contribution in [0.2, 0.25) is 5.02 Å². The van der Waals surface area contributed by atoms with Crippen LogP contribution in [-0.2, 0) is 4.79 Å². The number of hydrogen-bond donors (Lipinski definition) is 1. The van der Waals surface area contributed by atoms with Gasteiger partial charge >= 0.3 is 0 Å². The minimum Gasteiger partial charge on any atom is -0.457 e. The molecule has 0 bridgehead atoms. The lowest BCUT2D eigenvalue weighted by atomic mass is 10.3. The third-order valence-corrected chi connectivity index (χ3v) is 3.12. The minimum absolute atomic E-state index is 0.165. The van der Waals surface area contributed by atoms with Crippen molar-refractivity contribution in [3.05, 3.63) is 53.6 Å². The molecule has 3 nitrogen and oxygen atoms in total. The van der Waals surface area contributed by atoms with Gasteiger partial charge in [0.25, 0.3) is 0 Å². The van der Waals surface area contributed by atoms with Crippen LogP contribution in [0.15, 0.2) is 48.5 Å². The molecular weight excluding hydrogens is 294 g/mol. The van der Waals surface area contributed by atoms with Crippen LogP contribution in [0.4, 0.5) is 5.69 Å². The van der Waals surface area contributed by atoms with Gasteiger partial charge in [-0.15, -0.1) is 0 Å². The third kappa shape index (κ3) is 4.05. The van der Waals surface area contributed by atoms with E-state index in [0.717, 1.165) is 5.69 Å². The van der Waals surface area contributed by atoms with E-state index in [4.69, 9.17) is 28.6 Å². The number of ether oxygens (including phenoxy) is 1. The van der Waals surface area contributed by atoms with Crippen molar-refractivity contribution >= 4 is 40.3 Å². The first kappa shape index (κ1) is 14.5. The third-order valence-electron chi connectivity index (χ3n) is 2.48. The van der Waals surface area contributed by atoms with Crippen molar-refractivity contribution in [2.24, 2.45) is 0 Å². The van der Waals surface area contributed by atoms with E-state index in [1.54, 1.807) is 48.5 Å². The molecule has 2 aromatic rings. The van der Waals surface area contributed by atoms with Crippen molar-refractivity contribution in [3.63, 3.8) is 0 Å². The summed E-state index contributed by atoms with van der Waals surface area (Å²) >= 11 is 10.7. The maximum Gasteiger partial charge on any atom is 0.187 e. The predicted molar refractivity (Wildman–Crippen MR) is 84.9 cm³/mol. The van der Waals surface area contributed by atoms with Crippen LogP contribution in [0.5, 0.6) is 11.5 Å². The summed E-state index contributed by atoms with van der Waals surface area (Å²) in [5.74, 6) is 1.22. The maximum absolute atomic E-state index is 11.0. The summed E-state index contributed by atoms with van der Waals surface area (Å²) in [6.07, 6.45) is 0. The number of thiocarbonyl (C=S) groups is 1. The van der Waals surface area contributed by atoms with Crippen molar-refractivity contribution in [2.75, 3.05) is 5.32 Å². The van der Waals surface area contributed by atoms with Crippen molar-refractivity contribution in [2.45, 2.75) is 6.92 Å². The first-order chi connectivity index (χ1) is 9.54. The van der Waals surface area contributed by atoms with Gasteiger partial charge in [0.15, 0.2) is 5.78 Å². The number of nitrogens with one attached hydrogen (secondary N) is 1. The van der Waals surface area contributed by atoms with Crippen molar-refractivity contribution in [1.82, 2.24) is 0 Å². The Labute approximate surface area is 127 Å². The van der Waals surface area contributed by atoms with E-state index in [1.165, 1.54) is 6.92 Å². The molecule has 0 heterocycles. The van der Waals surface area contributed by atoms with Crippen LogP contribution in [0.3, 0.4) is 0 Å². The summed E-state index contributed by atoms with van der Waals surface area (Å²) in [6, 6.07) is 14.3. The quantitative estimate of drug-likeness (QED) is 0.846. The molecule has 0 aliphatic carbocycles. The molecule has 0 saturated carbocycles. The van der Waals surface area contributed by atoms with Gasteiger partial charge in [0, 0.05) is 17.6 Å². The molecule has 0 aliphatic heterocycles. The smallest absolute Gasteiger partial charge is 0.187 e. The number of anilines is 1. The highest BCUT2D eigenvalue weighted by molar-refractivity contribution is 7.82. The Balaban J connectivity index is 2.03. The molecule has 0 aromatic heterocycles. The summed E-state index contributed by atoms with van der Waals surface area (Å²) in [4.78, 5) is 11.2. The molecule has 0 fully saturated rings. The zero-order valence-corrected chi connectivity index (χ0v) is 12.3. The Morgan fingerprint density at radius 3 is 2.05 bits per heavy atom. The fraction of sp³-hybridized carbons (Fsp3) is 0.0667. The zero-order chi connectivity index (χ0) is 14.5. The van der Waals surface area contributed by atoms with Crippen molar-refractivity contribution in [3.8, 4) is 11.5 Å². The monoisotopic (exact) mass is 305 g/mol. The molecule has 0 saturated heterocycles. The van der Waals surface area contributed by atoms with Gasteiger partial charge in [0.05, 0.1) is 0 Å². The lowest BCUT2D eigenvalue weighted by molar-refractivity contribution is -0.110. The number of Topliss-reactive ketones (excluding diaryl/α,β-unsaturated/α-hetero) is 1. The topological polar surface area (TPSA) is 38.3 Å². The normalized spacial score (nSPS) is 9.90. The van der Waals surface area contributed by atoms with E-state index in [-0.39, 0.29) is 10.8 Å². The molecule has 0 amide bonds. The summed E-state index contributed by atoms with van der Waals surface area (Å²) in [5.41, 5.74) is 0.744. The first-order valence-electron chi connectivity index (χ1n) is 5.90. The second-order valence-electron chi connectivity index (χ2n) is 4.09. The van der Waals surface area contributed by atoms with Gasteiger partial charge in [-0.25, -0.2) is 0 Å². The summed E-state index contributed by atoms with van der Waals surface area (Å²) in [6.45, 7) is 1.42. The fourth-order valence-electron chi connectivity index (χ4n) is 1.46. The highest BCUT2D eigenvalue weighted by atomic mass is 35.5. The van der Waals surface area contributed by atoms with Crippen LogP contribution in [0, 0.1) is 0 Å². The lowest BCUT2D eigenvalue weighted by Gasteiger charge is -2.08. The van der Waals surface area contributed by atoms with Gasteiger partial charge in [0.1, 0.15) is 16.5 Å². The Bertz CT molecular complexity index is 623. The minimum atomic E-state index is -0.165. The number of carbonyl (C=O) groups excluding carboxylic acids is 1. The molecule has 0 atom stereocenters. The lowest BCUT2D eigenvalue weighted by Crippen LogP contribution is -2.17. The van der Waals surface area contributed by atoms with Crippen LogP contribution in [0.25, 0.3) is 0 Å². The zero-order valence-electron chi connectivity index (χ0n) is 10.7. The molecular formula is C15H12ClNO2S. The predicted octanol–water partition coefficient (Wildman–Crippen LogP) is 4.46. The number of hydrogen-bond acceptors (Lipinski definition) is 3. The largest absolute Gasteiger partial charge is 0.457 e. The van der Waals surface area contributed by atoms with Crippen LogP contribution >= 0.6 is 23.8 Å². The second-order valence-corrected chi connectivity index (χ2v) is 4.94. The van der Waals surface area contributed by atoms with Crippen molar-refractivity contribution < 1.29 is 9.53 Å². The SMILES string of the molecule is CC(=O)C(=S)Nc1ccc(Oc2ccc(Cl)cc2)cc1. The molecule has 20 heavy (non-hydrogen) atoms. The molecule has 0 unspecified atom stereocenters. The van der Waals surface area contributed by atoms with Gasteiger partial charge in [-0.05, 0) is 48.5 Å². The van der Waals surface area contributed by atoms with Crippen LogP contribution in [0.1, 0.15) is 6.92 Å². The first-order valence-corrected chi connectivity index (χ1v) is 6.68. The average Bonchev–Trinajstić information content (AvgIpc) is 2.43.